The Morgan fingerprint density at radius 1 is 1.09 bits per heavy atom. The molecule has 0 unspecified atom stereocenters. The smallest absolute Gasteiger partial charge is 0.262 e. The first kappa shape index (κ1) is 21.2. The van der Waals surface area contributed by atoms with Gasteiger partial charge in [0, 0.05) is 23.4 Å². The van der Waals surface area contributed by atoms with Crippen molar-refractivity contribution in [1.29, 1.82) is 0 Å². The fourth-order valence-corrected chi connectivity index (χ4v) is 7.25. The predicted octanol–water partition coefficient (Wildman–Crippen LogP) is 4.59. The van der Waals surface area contributed by atoms with Crippen molar-refractivity contribution in [3.05, 3.63) is 41.4 Å². The number of methoxy groups -OCH3 is 1. The Labute approximate surface area is 192 Å². The van der Waals surface area contributed by atoms with Gasteiger partial charge in [-0.05, 0) is 92.0 Å². The summed E-state index contributed by atoms with van der Waals surface area (Å²) in [4.78, 5) is 29.3. The van der Waals surface area contributed by atoms with Crippen molar-refractivity contribution in [3.63, 3.8) is 0 Å². The third-order valence-electron chi connectivity index (χ3n) is 7.29. The molecule has 2 amide bonds. The summed E-state index contributed by atoms with van der Waals surface area (Å²) in [5, 5.41) is 2.77. The number of nitrogens with zero attached hydrogens (tertiary/aromatic N) is 1. The highest BCUT2D eigenvalue weighted by atomic mass is 32.1. The minimum Gasteiger partial charge on any atom is -0.497 e. The zero-order valence-corrected chi connectivity index (χ0v) is 19.1. The number of amides is 2. The van der Waals surface area contributed by atoms with Crippen LogP contribution in [0, 0.1) is 23.2 Å². The maximum absolute atomic E-state index is 12.5. The van der Waals surface area contributed by atoms with E-state index in [0.717, 1.165) is 34.1 Å². The van der Waals surface area contributed by atoms with Gasteiger partial charge >= 0.3 is 0 Å². The Morgan fingerprint density at radius 3 is 2.38 bits per heavy atom. The highest BCUT2D eigenvalue weighted by Gasteiger charge is 2.51. The molecule has 4 bridgehead atoms. The molecule has 2 N–H and O–H groups in total. The van der Waals surface area contributed by atoms with Crippen LogP contribution in [0.5, 0.6) is 5.75 Å². The normalized spacial score (nSPS) is 28.1. The van der Waals surface area contributed by atoms with E-state index >= 15 is 0 Å². The number of carbonyl (C=O) groups excluding carboxylic acids is 2. The molecule has 0 atom stereocenters. The molecule has 0 spiro atoms. The number of rotatable bonds is 6. The van der Waals surface area contributed by atoms with E-state index in [1.807, 2.05) is 29.6 Å². The summed E-state index contributed by atoms with van der Waals surface area (Å²) in [7, 11) is 1.64. The average molecular weight is 452 g/mol. The second-order valence-corrected chi connectivity index (χ2v) is 10.6. The van der Waals surface area contributed by atoms with Gasteiger partial charge in [0.25, 0.3) is 5.91 Å². The number of benzene rings is 1. The van der Waals surface area contributed by atoms with E-state index in [1.54, 1.807) is 13.2 Å². The van der Waals surface area contributed by atoms with Crippen molar-refractivity contribution in [2.24, 2.45) is 23.2 Å². The molecule has 0 aliphatic heterocycles. The van der Waals surface area contributed by atoms with Crippen LogP contribution in [0.2, 0.25) is 0 Å². The van der Waals surface area contributed by atoms with Gasteiger partial charge in [0.05, 0.1) is 12.8 Å². The van der Waals surface area contributed by atoms with Crippen molar-refractivity contribution in [3.8, 4) is 16.3 Å². The largest absolute Gasteiger partial charge is 0.497 e. The molecule has 7 heteroatoms. The maximum Gasteiger partial charge on any atom is 0.262 e. The maximum atomic E-state index is 12.5. The lowest BCUT2D eigenvalue weighted by Crippen LogP contribution is -2.49. The first-order chi connectivity index (χ1) is 15.5. The lowest BCUT2D eigenvalue weighted by atomic mass is 9.49. The topological polar surface area (TPSA) is 80.3 Å². The van der Waals surface area contributed by atoms with E-state index in [-0.39, 0.29) is 17.2 Å². The number of nitrogens with one attached hydrogen (secondary N) is 2. The minimum atomic E-state index is -0.358. The van der Waals surface area contributed by atoms with Crippen molar-refractivity contribution in [2.75, 3.05) is 7.11 Å². The zero-order valence-electron chi connectivity index (χ0n) is 18.3. The summed E-state index contributed by atoms with van der Waals surface area (Å²) in [5.74, 6) is 2.80. The van der Waals surface area contributed by atoms with E-state index in [0.29, 0.717) is 12.1 Å². The summed E-state index contributed by atoms with van der Waals surface area (Å²) < 4.78 is 5.18. The van der Waals surface area contributed by atoms with Crippen LogP contribution in [0.3, 0.4) is 0 Å². The molecule has 1 aromatic carbocycles. The molecular formula is C25H29N3O3S. The first-order valence-electron chi connectivity index (χ1n) is 11.4. The van der Waals surface area contributed by atoms with Gasteiger partial charge < -0.3 is 4.74 Å². The Bertz CT molecular complexity index is 992. The van der Waals surface area contributed by atoms with Crippen LogP contribution in [0.25, 0.3) is 16.6 Å². The van der Waals surface area contributed by atoms with E-state index in [2.05, 4.69) is 15.8 Å². The SMILES string of the molecule is COc1ccc(-c2nc(C=CC(=O)NNC(=O)CC34CC5CC(CC(C5)C3)C4)cs2)cc1. The van der Waals surface area contributed by atoms with Crippen LogP contribution in [0.1, 0.15) is 50.6 Å². The van der Waals surface area contributed by atoms with Gasteiger partial charge in [-0.2, -0.15) is 0 Å². The fourth-order valence-electron chi connectivity index (χ4n) is 6.45. The molecule has 6 rings (SSSR count). The van der Waals surface area contributed by atoms with Gasteiger partial charge in [0.15, 0.2) is 0 Å². The highest BCUT2D eigenvalue weighted by Crippen LogP contribution is 2.61. The third kappa shape index (κ3) is 4.58. The first-order valence-corrected chi connectivity index (χ1v) is 12.3. The molecular weight excluding hydrogens is 422 g/mol. The number of aromatic nitrogens is 1. The van der Waals surface area contributed by atoms with Crippen LogP contribution in [-0.4, -0.2) is 23.9 Å². The van der Waals surface area contributed by atoms with Gasteiger partial charge in [-0.3, -0.25) is 20.4 Å². The standard InChI is InChI=1S/C25H29N3O3S/c1-31-21-5-2-19(3-6-21)24-26-20(15-32-24)4-7-22(29)27-28-23(30)14-25-11-16-8-17(12-25)10-18(9-16)13-25/h2-7,15-18H,8-14H2,1H3,(H,27,29)(H,28,30). The minimum absolute atomic E-state index is 0.0795. The molecule has 4 aliphatic rings. The second-order valence-electron chi connectivity index (χ2n) is 9.77. The number of hydrogen-bond acceptors (Lipinski definition) is 5. The molecule has 0 saturated heterocycles. The Kier molecular flexibility index (Phi) is 5.76. The van der Waals surface area contributed by atoms with Gasteiger partial charge in [-0.1, -0.05) is 0 Å². The van der Waals surface area contributed by atoms with Crippen LogP contribution < -0.4 is 15.6 Å². The van der Waals surface area contributed by atoms with Gasteiger partial charge in [-0.25, -0.2) is 4.98 Å². The van der Waals surface area contributed by atoms with Gasteiger partial charge in [0.1, 0.15) is 10.8 Å². The average Bonchev–Trinajstić information content (AvgIpc) is 3.24. The van der Waals surface area contributed by atoms with Crippen molar-refractivity contribution in [2.45, 2.75) is 44.9 Å². The fraction of sp³-hybridized carbons (Fsp3) is 0.480. The van der Waals surface area contributed by atoms with Crippen LogP contribution in [0.4, 0.5) is 0 Å². The van der Waals surface area contributed by atoms with E-state index < -0.39 is 0 Å². The van der Waals surface area contributed by atoms with E-state index in [1.165, 1.54) is 55.9 Å². The molecule has 1 aromatic heterocycles. The number of thiazole rings is 1. The summed E-state index contributed by atoms with van der Waals surface area (Å²) in [6, 6.07) is 7.70. The van der Waals surface area contributed by atoms with E-state index in [9.17, 15) is 9.59 Å². The monoisotopic (exact) mass is 451 g/mol. The summed E-state index contributed by atoms with van der Waals surface area (Å²) in [6.45, 7) is 0. The molecule has 2 aromatic rings. The predicted molar refractivity (Wildman–Crippen MR) is 125 cm³/mol. The molecule has 6 nitrogen and oxygen atoms in total. The lowest BCUT2D eigenvalue weighted by molar-refractivity contribution is -0.133. The number of hydrazine groups is 1. The molecule has 4 fully saturated rings. The second kappa shape index (κ2) is 8.70. The summed E-state index contributed by atoms with van der Waals surface area (Å²) >= 11 is 1.51. The molecule has 32 heavy (non-hydrogen) atoms. The van der Waals surface area contributed by atoms with Gasteiger partial charge in [-0.15, -0.1) is 11.3 Å². The Balaban J connectivity index is 1.11. The highest BCUT2D eigenvalue weighted by molar-refractivity contribution is 7.13. The molecule has 1 heterocycles. The summed E-state index contributed by atoms with van der Waals surface area (Å²) in [5.41, 5.74) is 7.01. The van der Waals surface area contributed by atoms with Crippen LogP contribution >= 0.6 is 11.3 Å². The quantitative estimate of drug-likeness (QED) is 0.497. The summed E-state index contributed by atoms with van der Waals surface area (Å²) in [6.07, 6.45) is 11.2. The molecule has 4 aliphatic carbocycles. The number of ether oxygens (including phenoxy) is 1. The van der Waals surface area contributed by atoms with E-state index in [4.69, 9.17) is 4.74 Å². The van der Waals surface area contributed by atoms with Crippen LogP contribution in [0.15, 0.2) is 35.7 Å². The number of hydrogen-bond donors (Lipinski definition) is 2. The van der Waals surface area contributed by atoms with Gasteiger partial charge in [0.2, 0.25) is 5.91 Å². The number of carbonyl (C=O) groups is 2. The van der Waals surface area contributed by atoms with Crippen molar-refractivity contribution in [1.82, 2.24) is 15.8 Å². The van der Waals surface area contributed by atoms with Crippen molar-refractivity contribution < 1.29 is 14.3 Å². The van der Waals surface area contributed by atoms with Crippen LogP contribution in [-0.2, 0) is 9.59 Å². The third-order valence-corrected chi connectivity index (χ3v) is 8.20. The van der Waals surface area contributed by atoms with Crippen molar-refractivity contribution >= 4 is 29.2 Å². The molecule has 4 saturated carbocycles. The Morgan fingerprint density at radius 2 is 1.75 bits per heavy atom. The zero-order chi connectivity index (χ0) is 22.1. The lowest BCUT2D eigenvalue weighted by Gasteiger charge is -2.56. The Hall–Kier alpha value is -2.67. The molecule has 0 radical (unpaired) electrons. The molecule has 168 valence electrons.